The maximum atomic E-state index is 12.8. The number of carbonyl (C=O) groups is 1. The topological polar surface area (TPSA) is 88.1 Å². The predicted molar refractivity (Wildman–Crippen MR) is 94.1 cm³/mol. The van der Waals surface area contributed by atoms with Gasteiger partial charge >= 0.3 is 0 Å². The van der Waals surface area contributed by atoms with Gasteiger partial charge in [-0.3, -0.25) is 9.89 Å². The van der Waals surface area contributed by atoms with Crippen molar-refractivity contribution in [3.63, 3.8) is 0 Å². The van der Waals surface area contributed by atoms with Crippen LogP contribution in [-0.2, 0) is 0 Å². The summed E-state index contributed by atoms with van der Waals surface area (Å²) < 4.78 is 5.56. The Morgan fingerprint density at radius 3 is 2.76 bits per heavy atom. The maximum Gasteiger partial charge on any atom is 0.274 e. The molecule has 0 spiro atoms. The minimum Gasteiger partial charge on any atom is -0.460 e. The minimum absolute atomic E-state index is 0.0718. The second-order valence-electron chi connectivity index (χ2n) is 6.47. The molecule has 1 aliphatic heterocycles. The van der Waals surface area contributed by atoms with Crippen LogP contribution in [-0.4, -0.2) is 40.1 Å². The highest BCUT2D eigenvalue weighted by Gasteiger charge is 2.35. The van der Waals surface area contributed by atoms with Crippen LogP contribution in [0.3, 0.4) is 0 Å². The molecule has 1 amide bonds. The molecule has 1 aliphatic rings. The molecule has 3 N–H and O–H groups in total. The molecule has 1 saturated heterocycles. The Balaban J connectivity index is 1.51. The molecule has 2 atom stereocenters. The van der Waals surface area contributed by atoms with Crippen molar-refractivity contribution in [2.24, 2.45) is 5.73 Å². The predicted octanol–water partition coefficient (Wildman–Crippen LogP) is 2.55. The Bertz CT molecular complexity index is 884. The Hall–Kier alpha value is -2.86. The summed E-state index contributed by atoms with van der Waals surface area (Å²) in [7, 11) is 0. The first-order valence-corrected chi connectivity index (χ1v) is 8.34. The van der Waals surface area contributed by atoms with Crippen molar-refractivity contribution in [2.75, 3.05) is 13.1 Å². The van der Waals surface area contributed by atoms with Gasteiger partial charge in [-0.2, -0.15) is 5.10 Å². The van der Waals surface area contributed by atoms with Crippen molar-refractivity contribution in [1.29, 1.82) is 0 Å². The lowest BCUT2D eigenvalue weighted by Crippen LogP contribution is -2.32. The smallest absolute Gasteiger partial charge is 0.274 e. The number of furan rings is 1. The number of aromatic nitrogens is 2. The number of likely N-dealkylation sites (tertiary alicyclic amines) is 1. The summed E-state index contributed by atoms with van der Waals surface area (Å²) in [5.41, 5.74) is 8.52. The third-order valence-corrected chi connectivity index (χ3v) is 4.68. The Labute approximate surface area is 145 Å². The Kier molecular flexibility index (Phi) is 3.89. The first kappa shape index (κ1) is 15.7. The fourth-order valence-corrected chi connectivity index (χ4v) is 3.35. The van der Waals surface area contributed by atoms with Gasteiger partial charge < -0.3 is 15.1 Å². The average Bonchev–Trinajstić information content (AvgIpc) is 3.34. The van der Waals surface area contributed by atoms with E-state index in [1.807, 2.05) is 37.3 Å². The van der Waals surface area contributed by atoms with Gasteiger partial charge in [-0.15, -0.1) is 0 Å². The summed E-state index contributed by atoms with van der Waals surface area (Å²) in [6, 6.07) is 15.5. The number of aromatic amines is 1. The zero-order valence-corrected chi connectivity index (χ0v) is 14.0. The van der Waals surface area contributed by atoms with E-state index < -0.39 is 0 Å². The normalized spacial score (nSPS) is 20.2. The van der Waals surface area contributed by atoms with Crippen LogP contribution < -0.4 is 5.73 Å². The van der Waals surface area contributed by atoms with E-state index in [4.69, 9.17) is 10.2 Å². The molecule has 6 heteroatoms. The van der Waals surface area contributed by atoms with Crippen LogP contribution >= 0.6 is 0 Å². The van der Waals surface area contributed by atoms with Gasteiger partial charge in [-0.1, -0.05) is 30.3 Å². The molecule has 0 aliphatic carbocycles. The summed E-state index contributed by atoms with van der Waals surface area (Å²) >= 11 is 0. The number of benzene rings is 1. The second kappa shape index (κ2) is 6.22. The Morgan fingerprint density at radius 1 is 1.24 bits per heavy atom. The maximum absolute atomic E-state index is 12.8. The van der Waals surface area contributed by atoms with Crippen LogP contribution in [0.25, 0.3) is 11.5 Å². The molecule has 128 valence electrons. The van der Waals surface area contributed by atoms with Crippen LogP contribution in [0.2, 0.25) is 0 Å². The van der Waals surface area contributed by atoms with Crippen molar-refractivity contribution in [3.05, 3.63) is 65.5 Å². The van der Waals surface area contributed by atoms with Gasteiger partial charge in [0, 0.05) is 31.1 Å². The third-order valence-electron chi connectivity index (χ3n) is 4.68. The van der Waals surface area contributed by atoms with Crippen LogP contribution in [0.15, 0.2) is 52.9 Å². The SMILES string of the molecule is Cc1ccc(-c2cc(C(=O)N3C[C@H](c4ccccc4)[C@@H](N)C3)n[nH]2)o1. The van der Waals surface area contributed by atoms with Gasteiger partial charge in [-0.25, -0.2) is 0 Å². The van der Waals surface area contributed by atoms with Gasteiger partial charge in [0.15, 0.2) is 11.5 Å². The molecule has 3 heterocycles. The van der Waals surface area contributed by atoms with Crippen molar-refractivity contribution >= 4 is 5.91 Å². The summed E-state index contributed by atoms with van der Waals surface area (Å²) in [6.07, 6.45) is 0. The first-order chi connectivity index (χ1) is 12.1. The van der Waals surface area contributed by atoms with Crippen LogP contribution in [0.5, 0.6) is 0 Å². The molecule has 0 radical (unpaired) electrons. The monoisotopic (exact) mass is 336 g/mol. The molecule has 0 unspecified atom stereocenters. The van der Waals surface area contributed by atoms with Gasteiger partial charge in [-0.05, 0) is 24.6 Å². The van der Waals surface area contributed by atoms with E-state index in [0.29, 0.717) is 30.2 Å². The van der Waals surface area contributed by atoms with E-state index in [2.05, 4.69) is 22.3 Å². The van der Waals surface area contributed by atoms with Crippen molar-refractivity contribution in [2.45, 2.75) is 18.9 Å². The highest BCUT2D eigenvalue weighted by molar-refractivity contribution is 5.93. The number of amides is 1. The number of rotatable bonds is 3. The molecule has 0 bridgehead atoms. The fourth-order valence-electron chi connectivity index (χ4n) is 3.35. The molecule has 6 nitrogen and oxygen atoms in total. The zero-order valence-electron chi connectivity index (χ0n) is 14.0. The summed E-state index contributed by atoms with van der Waals surface area (Å²) in [5.74, 6) is 1.52. The van der Waals surface area contributed by atoms with E-state index in [1.54, 1.807) is 11.0 Å². The van der Waals surface area contributed by atoms with Crippen LogP contribution in [0, 0.1) is 6.92 Å². The highest BCUT2D eigenvalue weighted by Crippen LogP contribution is 2.28. The lowest BCUT2D eigenvalue weighted by atomic mass is 9.95. The number of aryl methyl sites for hydroxylation is 1. The van der Waals surface area contributed by atoms with Crippen LogP contribution in [0.1, 0.15) is 27.7 Å². The quantitative estimate of drug-likeness (QED) is 0.769. The standard InChI is InChI=1S/C19H20N4O2/c1-12-7-8-18(25-12)16-9-17(22-21-16)19(24)23-10-14(15(20)11-23)13-5-3-2-4-6-13/h2-9,14-15H,10-11,20H2,1H3,(H,21,22)/t14-,15+/m1/s1. The lowest BCUT2D eigenvalue weighted by molar-refractivity contribution is 0.0783. The number of nitrogens with zero attached hydrogens (tertiary/aromatic N) is 2. The third kappa shape index (κ3) is 2.96. The molecule has 1 fully saturated rings. The van der Waals surface area contributed by atoms with Crippen LogP contribution in [0.4, 0.5) is 0 Å². The number of carbonyl (C=O) groups excluding carboxylic acids is 1. The largest absolute Gasteiger partial charge is 0.460 e. The van der Waals surface area contributed by atoms with Crippen molar-refractivity contribution in [1.82, 2.24) is 15.1 Å². The highest BCUT2D eigenvalue weighted by atomic mass is 16.3. The molecule has 3 aromatic rings. The average molecular weight is 336 g/mol. The van der Waals surface area contributed by atoms with E-state index >= 15 is 0 Å². The van der Waals surface area contributed by atoms with E-state index in [9.17, 15) is 4.79 Å². The lowest BCUT2D eigenvalue weighted by Gasteiger charge is -2.15. The minimum atomic E-state index is -0.111. The zero-order chi connectivity index (χ0) is 17.4. The van der Waals surface area contributed by atoms with Gasteiger partial charge in [0.1, 0.15) is 11.5 Å². The summed E-state index contributed by atoms with van der Waals surface area (Å²) in [6.45, 7) is 3.01. The summed E-state index contributed by atoms with van der Waals surface area (Å²) in [5, 5.41) is 7.02. The van der Waals surface area contributed by atoms with Gasteiger partial charge in [0.05, 0.1) is 0 Å². The molecule has 2 aromatic heterocycles. The molecule has 4 rings (SSSR count). The van der Waals surface area contributed by atoms with E-state index in [-0.39, 0.29) is 17.9 Å². The first-order valence-electron chi connectivity index (χ1n) is 8.34. The van der Waals surface area contributed by atoms with Crippen molar-refractivity contribution in [3.8, 4) is 11.5 Å². The molecule has 0 saturated carbocycles. The number of H-pyrrole nitrogens is 1. The fraction of sp³-hybridized carbons (Fsp3) is 0.263. The van der Waals surface area contributed by atoms with Gasteiger partial charge in [0.25, 0.3) is 5.91 Å². The number of nitrogens with one attached hydrogen (secondary N) is 1. The molecule has 1 aromatic carbocycles. The summed E-state index contributed by atoms with van der Waals surface area (Å²) in [4.78, 5) is 14.5. The number of hydrogen-bond donors (Lipinski definition) is 2. The van der Waals surface area contributed by atoms with Gasteiger partial charge in [0.2, 0.25) is 0 Å². The molecular formula is C19H20N4O2. The molecule has 25 heavy (non-hydrogen) atoms. The Morgan fingerprint density at radius 2 is 2.04 bits per heavy atom. The number of hydrogen-bond acceptors (Lipinski definition) is 4. The van der Waals surface area contributed by atoms with E-state index in [1.165, 1.54) is 5.56 Å². The van der Waals surface area contributed by atoms with E-state index in [0.717, 1.165) is 5.76 Å². The second-order valence-corrected chi connectivity index (χ2v) is 6.47. The molecular weight excluding hydrogens is 316 g/mol. The number of nitrogens with two attached hydrogens (primary N) is 1. The van der Waals surface area contributed by atoms with Crippen molar-refractivity contribution < 1.29 is 9.21 Å².